The molecule has 3 N–H and O–H groups in total. The number of anilines is 1. The molecular weight excluding hydrogens is 530 g/mol. The van der Waals surface area contributed by atoms with E-state index in [-0.39, 0.29) is 35.5 Å². The molecule has 13 heteroatoms. The van der Waals surface area contributed by atoms with E-state index in [1.165, 1.54) is 57.7 Å². The maximum Gasteiger partial charge on any atom is 0.433 e. The van der Waals surface area contributed by atoms with Crippen LogP contribution in [-0.2, 0) is 28.7 Å². The first kappa shape index (κ1) is 28.9. The third-order valence-electron chi connectivity index (χ3n) is 5.92. The molecule has 0 aliphatic carbocycles. The lowest BCUT2D eigenvalue weighted by Crippen LogP contribution is -2.23. The molecule has 204 valence electrons. The second-order valence-corrected chi connectivity index (χ2v) is 9.21. The van der Waals surface area contributed by atoms with E-state index in [9.17, 15) is 31.1 Å². The molecule has 38 heavy (non-hydrogen) atoms. The zero-order valence-corrected chi connectivity index (χ0v) is 21.4. The second kappa shape index (κ2) is 11.8. The summed E-state index contributed by atoms with van der Waals surface area (Å²) in [7, 11) is 4.03. The highest BCUT2D eigenvalue weighted by Crippen LogP contribution is 2.36. The molecule has 0 fully saturated rings. The van der Waals surface area contributed by atoms with E-state index in [1.807, 2.05) is 0 Å². The van der Waals surface area contributed by atoms with Crippen LogP contribution in [0.1, 0.15) is 29.2 Å². The maximum absolute atomic E-state index is 14.6. The van der Waals surface area contributed by atoms with Gasteiger partial charge < -0.3 is 15.2 Å². The van der Waals surface area contributed by atoms with E-state index >= 15 is 0 Å². The van der Waals surface area contributed by atoms with Crippen molar-refractivity contribution in [3.8, 4) is 22.8 Å². The number of alkyl halides is 3. The van der Waals surface area contributed by atoms with Gasteiger partial charge in [-0.15, -0.1) is 0 Å². The number of amides is 1. The van der Waals surface area contributed by atoms with Gasteiger partial charge in [-0.2, -0.15) is 13.2 Å². The van der Waals surface area contributed by atoms with Crippen molar-refractivity contribution in [3.05, 3.63) is 71.2 Å². The second-order valence-electron chi connectivity index (χ2n) is 8.20. The van der Waals surface area contributed by atoms with Crippen molar-refractivity contribution in [2.75, 3.05) is 25.6 Å². The van der Waals surface area contributed by atoms with Crippen molar-refractivity contribution in [2.24, 2.45) is 5.73 Å². The first-order chi connectivity index (χ1) is 17.9. The normalized spacial score (nSPS) is 13.1. The van der Waals surface area contributed by atoms with Gasteiger partial charge in [0.25, 0.3) is 11.3 Å². The largest absolute Gasteiger partial charge is 0.493 e. The summed E-state index contributed by atoms with van der Waals surface area (Å²) in [5.41, 5.74) is 5.27. The summed E-state index contributed by atoms with van der Waals surface area (Å²) in [5.74, 6) is -1.96. The molecule has 0 bridgehead atoms. The zero-order chi connectivity index (χ0) is 28.2. The van der Waals surface area contributed by atoms with Crippen molar-refractivity contribution >= 4 is 22.9 Å². The van der Waals surface area contributed by atoms with Crippen LogP contribution in [0.5, 0.6) is 11.5 Å². The number of hydrogen-bond acceptors (Lipinski definition) is 5. The minimum absolute atomic E-state index is 0.0255. The topological polar surface area (TPSA) is 115 Å². The number of aryl methyl sites for hydroxylation is 1. The molecule has 1 amide bonds. The molecule has 8 nitrogen and oxygen atoms in total. The quantitative estimate of drug-likeness (QED) is 0.277. The molecule has 2 aromatic carbocycles. The third kappa shape index (κ3) is 6.40. The van der Waals surface area contributed by atoms with Crippen LogP contribution < -0.4 is 19.5 Å². The van der Waals surface area contributed by atoms with E-state index < -0.39 is 40.8 Å². The molecule has 2 atom stereocenters. The van der Waals surface area contributed by atoms with Gasteiger partial charge in [0, 0.05) is 12.6 Å². The number of aromatic nitrogens is 1. The number of benzene rings is 2. The summed E-state index contributed by atoms with van der Waals surface area (Å²) in [6.45, 7) is 0. The van der Waals surface area contributed by atoms with Crippen LogP contribution in [0.25, 0.3) is 11.3 Å². The van der Waals surface area contributed by atoms with Crippen molar-refractivity contribution in [2.45, 2.75) is 24.9 Å². The Hall–Kier alpha value is -3.71. The smallest absolute Gasteiger partial charge is 0.433 e. The van der Waals surface area contributed by atoms with Gasteiger partial charge in [0.15, 0.2) is 11.5 Å². The molecule has 0 spiro atoms. The number of hydrogen-bond donors (Lipinski definition) is 2. The van der Waals surface area contributed by atoms with Crippen LogP contribution >= 0.6 is 0 Å². The average Bonchev–Trinajstić information content (AvgIpc) is 2.87. The highest BCUT2D eigenvalue weighted by atomic mass is 32.2. The van der Waals surface area contributed by atoms with Gasteiger partial charge in [-0.05, 0) is 60.4 Å². The van der Waals surface area contributed by atoms with Crippen LogP contribution in [0.2, 0.25) is 0 Å². The van der Waals surface area contributed by atoms with E-state index in [4.69, 9.17) is 15.2 Å². The number of halogens is 4. The number of nitrogens with zero attached hydrogens (tertiary/aromatic N) is 2. The summed E-state index contributed by atoms with van der Waals surface area (Å²) in [6, 6.07) is 10.4. The van der Waals surface area contributed by atoms with Crippen molar-refractivity contribution in [1.82, 2.24) is 4.98 Å². The van der Waals surface area contributed by atoms with Crippen LogP contribution in [0.4, 0.5) is 23.2 Å². The first-order valence-corrected chi connectivity index (χ1v) is 12.2. The molecule has 2 unspecified atom stereocenters. The Morgan fingerprint density at radius 3 is 2.34 bits per heavy atom. The Labute approximate surface area is 218 Å². The van der Waals surface area contributed by atoms with E-state index in [0.29, 0.717) is 16.9 Å². The Morgan fingerprint density at radius 2 is 1.79 bits per heavy atom. The minimum Gasteiger partial charge on any atom is -0.493 e. The van der Waals surface area contributed by atoms with Crippen LogP contribution in [-0.4, -0.2) is 40.9 Å². The number of pyridine rings is 1. The summed E-state index contributed by atoms with van der Waals surface area (Å²) in [5, 5.41) is 0. The van der Waals surface area contributed by atoms with E-state index in [1.54, 1.807) is 0 Å². The Balaban J connectivity index is 1.99. The number of rotatable bonds is 10. The van der Waals surface area contributed by atoms with E-state index in [2.05, 4.69) is 4.98 Å². The maximum atomic E-state index is 14.6. The third-order valence-corrected chi connectivity index (χ3v) is 6.58. The molecule has 0 aliphatic heterocycles. The minimum atomic E-state index is -4.69. The fourth-order valence-corrected chi connectivity index (χ4v) is 4.25. The van der Waals surface area contributed by atoms with Gasteiger partial charge in [0.1, 0.15) is 11.5 Å². The highest BCUT2D eigenvalue weighted by molar-refractivity contribution is 7.80. The zero-order valence-electron chi connectivity index (χ0n) is 20.6. The predicted molar refractivity (Wildman–Crippen MR) is 134 cm³/mol. The van der Waals surface area contributed by atoms with E-state index in [0.717, 1.165) is 16.4 Å². The molecule has 1 heterocycles. The number of carbonyl (C=O) groups is 1. The summed E-state index contributed by atoms with van der Waals surface area (Å²) >= 11 is -2.46. The predicted octanol–water partition coefficient (Wildman–Crippen LogP) is 4.70. The summed E-state index contributed by atoms with van der Waals surface area (Å²) in [6.07, 6.45) is -4.58. The monoisotopic (exact) mass is 555 g/mol. The number of nitrogens with two attached hydrogens (primary N) is 1. The summed E-state index contributed by atoms with van der Waals surface area (Å²) in [4.78, 5) is 16.1. The Bertz CT molecular complexity index is 1350. The average molecular weight is 556 g/mol. The lowest BCUT2D eigenvalue weighted by atomic mass is 9.90. The fraction of sp³-hybridized carbons (Fsp3) is 0.280. The van der Waals surface area contributed by atoms with Gasteiger partial charge >= 0.3 is 6.18 Å². The number of carbonyl (C=O) groups excluding carboxylic acids is 1. The first-order valence-electron chi connectivity index (χ1n) is 11.1. The Kier molecular flexibility index (Phi) is 8.94. The molecule has 0 radical (unpaired) electrons. The van der Waals surface area contributed by atoms with Gasteiger partial charge in [-0.25, -0.2) is 13.6 Å². The van der Waals surface area contributed by atoms with Crippen LogP contribution in [0.15, 0.2) is 48.5 Å². The Morgan fingerprint density at radius 1 is 1.11 bits per heavy atom. The number of primary amides is 1. The van der Waals surface area contributed by atoms with Gasteiger partial charge in [0.05, 0.1) is 31.5 Å². The molecular formula is C25H25F4N3O5S. The number of methoxy groups -OCH3 is 2. The molecule has 0 aliphatic rings. The van der Waals surface area contributed by atoms with Gasteiger partial charge in [-0.3, -0.25) is 13.7 Å². The van der Waals surface area contributed by atoms with Crippen molar-refractivity contribution < 1.29 is 40.6 Å². The summed E-state index contributed by atoms with van der Waals surface area (Å²) < 4.78 is 86.7. The lowest BCUT2D eigenvalue weighted by Gasteiger charge is -2.19. The standard InChI is InChI=1S/C25H25F4N3O5S/c1-32(38(34)35)19-9-5-15(12-18(19)26)17(24(30)33)8-4-14-7-11-22(25(27,28)29)31-23(14)16-6-10-20(36-2)21(13-16)37-3/h5-7,9-13,17H,4,8H2,1-3H3,(H2,30,33)(H,34,35). The number of ether oxygens (including phenoxy) is 2. The van der Waals surface area contributed by atoms with Crippen LogP contribution in [0, 0.1) is 5.82 Å². The molecule has 3 aromatic rings. The van der Waals surface area contributed by atoms with Gasteiger partial charge in [0.2, 0.25) is 5.91 Å². The van der Waals surface area contributed by atoms with Crippen molar-refractivity contribution in [3.63, 3.8) is 0 Å². The lowest BCUT2D eigenvalue weighted by molar-refractivity contribution is -0.141. The fourth-order valence-electron chi connectivity index (χ4n) is 3.93. The van der Waals surface area contributed by atoms with Gasteiger partial charge in [-0.1, -0.05) is 12.1 Å². The molecule has 1 aromatic heterocycles. The van der Waals surface area contributed by atoms with Crippen LogP contribution in [0.3, 0.4) is 0 Å². The van der Waals surface area contributed by atoms with Crippen molar-refractivity contribution in [1.29, 1.82) is 0 Å². The molecule has 0 saturated carbocycles. The molecule has 0 saturated heterocycles. The SMILES string of the molecule is COc1ccc(-c2nc(C(F)(F)F)ccc2CCC(C(N)=O)c2ccc(N(C)S(=O)O)c(F)c2)cc1OC. The highest BCUT2D eigenvalue weighted by Gasteiger charge is 2.33. The molecule has 3 rings (SSSR count).